The minimum absolute atomic E-state index is 0.314. The number of amides is 1. The van der Waals surface area contributed by atoms with Gasteiger partial charge in [-0.3, -0.25) is 14.7 Å². The Morgan fingerprint density at radius 3 is 2.20 bits per heavy atom. The SMILES string of the molecule is CCCCCCCC.CN1CCC(c2ccc(Nc3ncc4c(n3)N3CCN=C3N(c3c(Cl)cccc3Cl)C4=O)cc2)CC1. The van der Waals surface area contributed by atoms with Crippen molar-refractivity contribution in [3.05, 3.63) is 69.8 Å². The Morgan fingerprint density at radius 2 is 1.57 bits per heavy atom. The summed E-state index contributed by atoms with van der Waals surface area (Å²) in [5.41, 5.74) is 3.04. The van der Waals surface area contributed by atoms with Crippen LogP contribution in [-0.4, -0.2) is 60.0 Å². The lowest BCUT2D eigenvalue weighted by Gasteiger charge is -2.35. The number of nitrogens with zero attached hydrogens (tertiary/aromatic N) is 6. The number of fused-ring (bicyclic) bond motifs is 3. The van der Waals surface area contributed by atoms with Gasteiger partial charge in [0.15, 0.2) is 5.82 Å². The zero-order chi connectivity index (χ0) is 31.1. The van der Waals surface area contributed by atoms with E-state index in [0.717, 1.165) is 18.8 Å². The molecule has 1 fully saturated rings. The number of halogens is 2. The summed E-state index contributed by atoms with van der Waals surface area (Å²) >= 11 is 12.9. The second-order valence-corrected chi connectivity index (χ2v) is 12.5. The molecule has 8 nitrogen and oxygen atoms in total. The van der Waals surface area contributed by atoms with Crippen LogP contribution in [0.15, 0.2) is 53.7 Å². The van der Waals surface area contributed by atoms with Gasteiger partial charge >= 0.3 is 0 Å². The van der Waals surface area contributed by atoms with Crippen LogP contribution in [0.3, 0.4) is 0 Å². The van der Waals surface area contributed by atoms with Crippen molar-refractivity contribution in [1.82, 2.24) is 14.9 Å². The number of benzene rings is 2. The number of piperidine rings is 1. The molecule has 10 heteroatoms. The number of unbranched alkanes of at least 4 members (excludes halogenated alkanes) is 5. The van der Waals surface area contributed by atoms with Gasteiger partial charge in [-0.05, 0) is 68.7 Å². The molecule has 4 heterocycles. The maximum atomic E-state index is 13.5. The number of aromatic nitrogens is 2. The Labute approximate surface area is 271 Å². The molecule has 6 rings (SSSR count). The number of hydrogen-bond acceptors (Lipinski definition) is 7. The first kappa shape index (κ1) is 32.2. The summed E-state index contributed by atoms with van der Waals surface area (Å²) < 4.78 is 0. The Kier molecular flexibility index (Phi) is 11.1. The topological polar surface area (TPSA) is 77.0 Å². The van der Waals surface area contributed by atoms with Crippen molar-refractivity contribution in [1.29, 1.82) is 0 Å². The maximum absolute atomic E-state index is 13.5. The number of carbonyl (C=O) groups is 1. The van der Waals surface area contributed by atoms with Crippen molar-refractivity contribution >= 4 is 58.2 Å². The third-order valence-electron chi connectivity index (χ3n) is 8.45. The van der Waals surface area contributed by atoms with Gasteiger partial charge in [0.1, 0.15) is 5.56 Å². The lowest BCUT2D eigenvalue weighted by Crippen LogP contribution is -2.51. The third-order valence-corrected chi connectivity index (χ3v) is 9.06. The van der Waals surface area contributed by atoms with Gasteiger partial charge in [-0.15, -0.1) is 0 Å². The molecule has 0 aliphatic carbocycles. The largest absolute Gasteiger partial charge is 0.324 e. The molecule has 3 aliphatic rings. The average Bonchev–Trinajstić information content (AvgIpc) is 3.52. The number of para-hydroxylation sites is 1. The first-order valence-electron chi connectivity index (χ1n) is 15.9. The van der Waals surface area contributed by atoms with Crippen molar-refractivity contribution in [3.63, 3.8) is 0 Å². The van der Waals surface area contributed by atoms with Gasteiger partial charge in [0.25, 0.3) is 5.91 Å². The Morgan fingerprint density at radius 1 is 0.909 bits per heavy atom. The van der Waals surface area contributed by atoms with Crippen LogP contribution in [0.2, 0.25) is 10.0 Å². The van der Waals surface area contributed by atoms with E-state index in [1.807, 2.05) is 4.90 Å². The number of likely N-dealkylation sites (tertiary alicyclic amines) is 1. The van der Waals surface area contributed by atoms with Crippen LogP contribution in [0, 0.1) is 0 Å². The van der Waals surface area contributed by atoms with Gasteiger partial charge in [0.2, 0.25) is 11.9 Å². The average molecular weight is 637 g/mol. The number of hydrogen-bond donors (Lipinski definition) is 1. The van der Waals surface area contributed by atoms with Gasteiger partial charge in [-0.2, -0.15) is 4.98 Å². The molecule has 3 aromatic rings. The molecule has 0 saturated carbocycles. The molecular weight excluding hydrogens is 593 g/mol. The van der Waals surface area contributed by atoms with Crippen molar-refractivity contribution < 1.29 is 4.79 Å². The Bertz CT molecular complexity index is 1430. The number of carbonyl (C=O) groups excluding carboxylic acids is 1. The van der Waals surface area contributed by atoms with E-state index in [4.69, 9.17) is 28.2 Å². The van der Waals surface area contributed by atoms with E-state index in [9.17, 15) is 4.79 Å². The summed E-state index contributed by atoms with van der Waals surface area (Å²) in [5.74, 6) is 1.70. The van der Waals surface area contributed by atoms with Crippen LogP contribution in [0.25, 0.3) is 0 Å². The second-order valence-electron chi connectivity index (χ2n) is 11.7. The monoisotopic (exact) mass is 635 g/mol. The Balaban J connectivity index is 0.000000426. The highest BCUT2D eigenvalue weighted by atomic mass is 35.5. The summed E-state index contributed by atoms with van der Waals surface area (Å²) in [5, 5.41) is 4.03. The van der Waals surface area contributed by atoms with E-state index in [-0.39, 0.29) is 5.91 Å². The van der Waals surface area contributed by atoms with Crippen LogP contribution in [-0.2, 0) is 0 Å². The first-order valence-corrected chi connectivity index (χ1v) is 16.7. The van der Waals surface area contributed by atoms with E-state index in [0.29, 0.717) is 58.0 Å². The lowest BCUT2D eigenvalue weighted by molar-refractivity contribution is 0.1000. The number of aliphatic imine (C=N–C) groups is 1. The molecular formula is C34H43Cl2N7O. The fraction of sp³-hybridized carbons (Fsp3) is 0.471. The van der Waals surface area contributed by atoms with E-state index < -0.39 is 0 Å². The molecule has 0 unspecified atom stereocenters. The van der Waals surface area contributed by atoms with Gasteiger partial charge < -0.3 is 10.2 Å². The molecule has 0 radical (unpaired) electrons. The van der Waals surface area contributed by atoms with Crippen LogP contribution in [0.4, 0.5) is 23.1 Å². The highest BCUT2D eigenvalue weighted by Crippen LogP contribution is 2.39. The second kappa shape index (κ2) is 15.2. The van der Waals surface area contributed by atoms with E-state index >= 15 is 0 Å². The molecule has 1 amide bonds. The minimum atomic E-state index is -0.314. The molecule has 0 bridgehead atoms. The summed E-state index contributed by atoms with van der Waals surface area (Å²) in [6.45, 7) is 7.90. The van der Waals surface area contributed by atoms with Crippen LogP contribution >= 0.6 is 23.2 Å². The van der Waals surface area contributed by atoms with Gasteiger partial charge in [-0.25, -0.2) is 9.88 Å². The van der Waals surface area contributed by atoms with Gasteiger partial charge in [0, 0.05) is 18.4 Å². The maximum Gasteiger partial charge on any atom is 0.270 e. The van der Waals surface area contributed by atoms with E-state index in [2.05, 4.69) is 65.4 Å². The zero-order valence-corrected chi connectivity index (χ0v) is 27.5. The van der Waals surface area contributed by atoms with E-state index in [1.165, 1.54) is 61.8 Å². The first-order chi connectivity index (χ1) is 21.4. The Hall–Kier alpha value is -3.20. The molecule has 0 spiro atoms. The number of nitrogens with one attached hydrogen (secondary N) is 1. The van der Waals surface area contributed by atoms with Crippen LogP contribution < -0.4 is 15.1 Å². The number of guanidine groups is 1. The highest BCUT2D eigenvalue weighted by Gasteiger charge is 2.41. The number of rotatable bonds is 9. The van der Waals surface area contributed by atoms with Crippen LogP contribution in [0.5, 0.6) is 0 Å². The highest BCUT2D eigenvalue weighted by molar-refractivity contribution is 6.43. The molecule has 3 aliphatic heterocycles. The fourth-order valence-corrected chi connectivity index (χ4v) is 6.46. The predicted octanol–water partition coefficient (Wildman–Crippen LogP) is 8.54. The molecule has 0 atom stereocenters. The molecule has 44 heavy (non-hydrogen) atoms. The van der Waals surface area contributed by atoms with E-state index in [1.54, 1.807) is 24.4 Å². The molecule has 1 N–H and O–H groups in total. The van der Waals surface area contributed by atoms with Crippen LogP contribution in [0.1, 0.15) is 87.1 Å². The normalized spacial score (nSPS) is 16.7. The molecule has 2 aromatic carbocycles. The smallest absolute Gasteiger partial charge is 0.270 e. The number of anilines is 4. The summed E-state index contributed by atoms with van der Waals surface area (Å²) in [7, 11) is 2.18. The van der Waals surface area contributed by atoms with Crippen molar-refractivity contribution in [2.75, 3.05) is 48.3 Å². The summed E-state index contributed by atoms with van der Waals surface area (Å²) in [6, 6.07) is 13.6. The standard InChI is InChI=1S/C26H25Cl2N7O.C8H18/c1-33-12-9-17(10-13-33)16-5-7-18(8-6-16)31-25-30-15-19-23(32-25)34-14-11-29-26(34)35(24(19)36)22-20(27)3-2-4-21(22)28;1-3-5-7-8-6-4-2/h2-8,15,17H,9-14H2,1H3,(H,30,31,32);3-8H2,1-2H3. The lowest BCUT2D eigenvalue weighted by atomic mass is 9.89. The van der Waals surface area contributed by atoms with Gasteiger partial charge in [-0.1, -0.05) is 93.8 Å². The van der Waals surface area contributed by atoms with Crippen molar-refractivity contribution in [2.45, 2.75) is 71.1 Å². The summed E-state index contributed by atoms with van der Waals surface area (Å²) in [4.78, 5) is 33.0. The summed E-state index contributed by atoms with van der Waals surface area (Å²) in [6.07, 6.45) is 12.4. The fourth-order valence-electron chi connectivity index (χ4n) is 5.90. The van der Waals surface area contributed by atoms with Crippen molar-refractivity contribution in [3.8, 4) is 0 Å². The third kappa shape index (κ3) is 7.36. The quantitative estimate of drug-likeness (QED) is 0.237. The minimum Gasteiger partial charge on any atom is -0.324 e. The molecule has 234 valence electrons. The molecule has 1 aromatic heterocycles. The van der Waals surface area contributed by atoms with Crippen molar-refractivity contribution in [2.24, 2.45) is 4.99 Å². The molecule has 1 saturated heterocycles. The zero-order valence-electron chi connectivity index (χ0n) is 26.0. The predicted molar refractivity (Wildman–Crippen MR) is 183 cm³/mol. The van der Waals surface area contributed by atoms with Gasteiger partial charge in [0.05, 0.1) is 22.3 Å².